The van der Waals surface area contributed by atoms with Gasteiger partial charge >= 0.3 is 0 Å². The Morgan fingerprint density at radius 2 is 1.90 bits per heavy atom. The summed E-state index contributed by atoms with van der Waals surface area (Å²) in [5.41, 5.74) is 2.98. The average molecular weight is 344 g/mol. The lowest BCUT2D eigenvalue weighted by Gasteiger charge is -2.11. The van der Waals surface area contributed by atoms with E-state index in [4.69, 9.17) is 0 Å². The molecule has 108 valence electrons. The number of aliphatic imine (C=N–C) groups is 1. The third-order valence-electron chi connectivity index (χ3n) is 2.95. The van der Waals surface area contributed by atoms with Crippen molar-refractivity contribution in [1.82, 2.24) is 5.32 Å². The maximum Gasteiger partial charge on any atom is 0.0908 e. The van der Waals surface area contributed by atoms with Gasteiger partial charge in [-0.15, -0.1) is 0 Å². The van der Waals surface area contributed by atoms with Gasteiger partial charge in [-0.3, -0.25) is 4.99 Å². The summed E-state index contributed by atoms with van der Waals surface area (Å²) in [5.74, 6) is 6.29. The van der Waals surface area contributed by atoms with Crippen molar-refractivity contribution in [3.8, 4) is 11.8 Å². The zero-order chi connectivity index (χ0) is 15.1. The van der Waals surface area contributed by atoms with Crippen LogP contribution >= 0.6 is 15.9 Å². The number of nitrogens with one attached hydrogen (secondary N) is 1. The predicted molar refractivity (Wildman–Crippen MR) is 93.9 cm³/mol. The van der Waals surface area contributed by atoms with Crippen LogP contribution in [0.15, 0.2) is 51.6 Å². The molecule has 1 N–H and O–H groups in total. The van der Waals surface area contributed by atoms with Crippen molar-refractivity contribution >= 4 is 28.0 Å². The van der Waals surface area contributed by atoms with Gasteiger partial charge in [0, 0.05) is 31.9 Å². The SMILES string of the molecule is CN(C)c1ccc(C#C/C2=C/C=C(\Br)CC/N=C/N2)cc1. The van der Waals surface area contributed by atoms with Crippen molar-refractivity contribution in [2.45, 2.75) is 6.42 Å². The molecule has 0 saturated carbocycles. The molecule has 0 bridgehead atoms. The van der Waals surface area contributed by atoms with Crippen molar-refractivity contribution in [2.75, 3.05) is 25.5 Å². The molecule has 0 saturated heterocycles. The normalized spacial score (nSPS) is 20.9. The number of nitrogens with zero attached hydrogens (tertiary/aromatic N) is 2. The Labute approximate surface area is 134 Å². The monoisotopic (exact) mass is 343 g/mol. The minimum absolute atomic E-state index is 0.768. The van der Waals surface area contributed by atoms with Gasteiger partial charge in [0.1, 0.15) is 0 Å². The molecule has 2 rings (SSSR count). The standard InChI is InChI=1S/C17H18BrN3/c1-21(2)17-9-4-14(5-10-17)3-7-16-8-6-15(18)11-12-19-13-20-16/h4-6,8-10,13H,11-12H2,1-2H3,(H,19,20)/b15-6-,16-8-. The summed E-state index contributed by atoms with van der Waals surface area (Å²) in [6, 6.07) is 8.18. The Morgan fingerprint density at radius 3 is 2.62 bits per heavy atom. The number of hydrogen-bond donors (Lipinski definition) is 1. The van der Waals surface area contributed by atoms with Crippen LogP contribution in [0.1, 0.15) is 12.0 Å². The fraction of sp³-hybridized carbons (Fsp3) is 0.235. The van der Waals surface area contributed by atoms with Crippen molar-refractivity contribution < 1.29 is 0 Å². The molecule has 0 radical (unpaired) electrons. The lowest BCUT2D eigenvalue weighted by atomic mass is 10.2. The third kappa shape index (κ3) is 5.13. The van der Waals surface area contributed by atoms with E-state index in [0.29, 0.717) is 0 Å². The van der Waals surface area contributed by atoms with Crippen LogP contribution in [0, 0.1) is 11.8 Å². The van der Waals surface area contributed by atoms with Crippen molar-refractivity contribution in [1.29, 1.82) is 0 Å². The maximum atomic E-state index is 4.26. The smallest absolute Gasteiger partial charge is 0.0908 e. The number of rotatable bonds is 1. The van der Waals surface area contributed by atoms with Crippen LogP contribution in [0.25, 0.3) is 0 Å². The van der Waals surface area contributed by atoms with E-state index in [1.165, 1.54) is 5.69 Å². The van der Waals surface area contributed by atoms with Gasteiger partial charge in [-0.25, -0.2) is 0 Å². The van der Waals surface area contributed by atoms with Crippen LogP contribution in [-0.4, -0.2) is 27.0 Å². The van der Waals surface area contributed by atoms with Crippen molar-refractivity contribution in [3.63, 3.8) is 0 Å². The molecule has 3 nitrogen and oxygen atoms in total. The second-order valence-electron chi connectivity index (χ2n) is 4.81. The molecule has 0 spiro atoms. The number of benzene rings is 1. The molecule has 0 amide bonds. The second-order valence-corrected chi connectivity index (χ2v) is 5.83. The molecular formula is C17H18BrN3. The molecule has 0 aliphatic carbocycles. The summed E-state index contributed by atoms with van der Waals surface area (Å²) in [6.07, 6.45) is 6.58. The molecule has 0 atom stereocenters. The summed E-state index contributed by atoms with van der Waals surface area (Å²) in [7, 11) is 4.05. The average Bonchev–Trinajstić information content (AvgIpc) is 2.58. The van der Waals surface area contributed by atoms with Crippen LogP contribution in [0.2, 0.25) is 0 Å². The molecule has 0 aromatic heterocycles. The first-order chi connectivity index (χ1) is 10.1. The number of allylic oxidation sites excluding steroid dienone is 3. The zero-order valence-corrected chi connectivity index (χ0v) is 13.8. The maximum absolute atomic E-state index is 4.26. The van der Waals surface area contributed by atoms with Crippen LogP contribution in [-0.2, 0) is 0 Å². The van der Waals surface area contributed by atoms with Gasteiger partial charge in [-0.1, -0.05) is 21.9 Å². The lowest BCUT2D eigenvalue weighted by molar-refractivity contribution is 0.996. The van der Waals surface area contributed by atoms with E-state index in [-0.39, 0.29) is 0 Å². The molecule has 0 fully saturated rings. The van der Waals surface area contributed by atoms with E-state index >= 15 is 0 Å². The van der Waals surface area contributed by atoms with E-state index in [2.05, 4.69) is 55.1 Å². The summed E-state index contributed by atoms with van der Waals surface area (Å²) in [4.78, 5) is 6.32. The van der Waals surface area contributed by atoms with Gasteiger partial charge in [0.05, 0.1) is 12.0 Å². The van der Waals surface area contributed by atoms with Crippen LogP contribution in [0.4, 0.5) is 5.69 Å². The van der Waals surface area contributed by atoms with Crippen molar-refractivity contribution in [3.05, 3.63) is 52.2 Å². The molecule has 21 heavy (non-hydrogen) atoms. The van der Waals surface area contributed by atoms with Crippen molar-refractivity contribution in [2.24, 2.45) is 4.99 Å². The Kier molecular flexibility index (Phi) is 5.65. The van der Waals surface area contributed by atoms with Crippen LogP contribution < -0.4 is 10.2 Å². The van der Waals surface area contributed by atoms with Gasteiger partial charge in [0.25, 0.3) is 0 Å². The van der Waals surface area contributed by atoms with E-state index in [0.717, 1.165) is 28.7 Å². The highest BCUT2D eigenvalue weighted by Crippen LogP contribution is 2.12. The highest BCUT2D eigenvalue weighted by Gasteiger charge is 1.96. The van der Waals surface area contributed by atoms with Gasteiger partial charge in [-0.05, 0) is 53.2 Å². The van der Waals surface area contributed by atoms with Gasteiger partial charge in [-0.2, -0.15) is 0 Å². The number of hydrogen-bond acceptors (Lipinski definition) is 3. The zero-order valence-electron chi connectivity index (χ0n) is 12.2. The molecule has 0 unspecified atom stereocenters. The minimum Gasteiger partial charge on any atom is -0.378 e. The largest absolute Gasteiger partial charge is 0.378 e. The molecule has 1 aromatic carbocycles. The fourth-order valence-corrected chi connectivity index (χ4v) is 2.03. The van der Waals surface area contributed by atoms with E-state index in [9.17, 15) is 0 Å². The van der Waals surface area contributed by atoms with Crippen LogP contribution in [0.5, 0.6) is 0 Å². The van der Waals surface area contributed by atoms with Gasteiger partial charge in [0.15, 0.2) is 0 Å². The first kappa shape index (κ1) is 15.4. The molecule has 1 aliphatic rings. The quantitative estimate of drug-likeness (QED) is 0.792. The molecule has 1 heterocycles. The summed E-state index contributed by atoms with van der Waals surface area (Å²) < 4.78 is 1.12. The third-order valence-corrected chi connectivity index (χ3v) is 3.61. The lowest BCUT2D eigenvalue weighted by Crippen LogP contribution is -2.09. The van der Waals surface area contributed by atoms with E-state index < -0.39 is 0 Å². The molecule has 1 aromatic rings. The minimum atomic E-state index is 0.768. The fourth-order valence-electron chi connectivity index (χ4n) is 1.72. The van der Waals surface area contributed by atoms with E-state index in [1.54, 1.807) is 6.34 Å². The Balaban J connectivity index is 2.16. The van der Waals surface area contributed by atoms with Gasteiger partial charge in [0.2, 0.25) is 0 Å². The van der Waals surface area contributed by atoms with Crippen LogP contribution in [0.3, 0.4) is 0 Å². The summed E-state index contributed by atoms with van der Waals surface area (Å²) in [5, 5.41) is 3.10. The number of halogens is 1. The van der Waals surface area contributed by atoms with Gasteiger partial charge < -0.3 is 10.2 Å². The Hall–Kier alpha value is -1.99. The first-order valence-electron chi connectivity index (χ1n) is 6.76. The summed E-state index contributed by atoms with van der Waals surface area (Å²) in [6.45, 7) is 0.768. The second kappa shape index (κ2) is 7.70. The predicted octanol–water partition coefficient (Wildman–Crippen LogP) is 3.29. The highest BCUT2D eigenvalue weighted by atomic mass is 79.9. The van der Waals surface area contributed by atoms with E-state index in [1.807, 2.05) is 38.4 Å². The number of anilines is 1. The first-order valence-corrected chi connectivity index (χ1v) is 7.55. The highest BCUT2D eigenvalue weighted by molar-refractivity contribution is 9.11. The molecule has 1 aliphatic heterocycles. The molecule has 4 heteroatoms. The topological polar surface area (TPSA) is 27.6 Å². The summed E-state index contributed by atoms with van der Waals surface area (Å²) >= 11 is 3.51. The molecular weight excluding hydrogens is 326 g/mol. The Morgan fingerprint density at radius 1 is 1.14 bits per heavy atom. The Bertz CT molecular complexity index is 628.